The van der Waals surface area contributed by atoms with Gasteiger partial charge in [-0.2, -0.15) is 0 Å². The van der Waals surface area contributed by atoms with Crippen LogP contribution < -0.4 is 20.1 Å². The maximum absolute atomic E-state index is 13.1. The van der Waals surface area contributed by atoms with Gasteiger partial charge in [-0.15, -0.1) is 0 Å². The van der Waals surface area contributed by atoms with Gasteiger partial charge in [0.1, 0.15) is 6.61 Å². The van der Waals surface area contributed by atoms with Crippen molar-refractivity contribution < 1.29 is 19.1 Å². The minimum Gasteiger partial charge on any atom is -0.493 e. The molecule has 2 N–H and O–H groups in total. The number of hydrogen-bond donors (Lipinski definition) is 2. The highest BCUT2D eigenvalue weighted by Gasteiger charge is 2.54. The molecule has 0 spiro atoms. The van der Waals surface area contributed by atoms with Crippen molar-refractivity contribution in [2.45, 2.75) is 58.8 Å². The van der Waals surface area contributed by atoms with Crippen LogP contribution in [-0.2, 0) is 9.59 Å². The molecule has 4 aliphatic carbocycles. The molecule has 4 saturated carbocycles. The molecule has 5 rings (SSSR count). The second-order valence-corrected chi connectivity index (χ2v) is 10.5. The Morgan fingerprint density at radius 2 is 1.68 bits per heavy atom. The Morgan fingerprint density at radius 3 is 2.26 bits per heavy atom. The minimum atomic E-state index is -0.168. The SMILES string of the molecule is CCN(CC)CCOc1cc(NC(=O)CCNC(=O)C23CC4CC(CC(C4)C2)C3)ccc1OC. The van der Waals surface area contributed by atoms with Gasteiger partial charge in [-0.1, -0.05) is 13.8 Å². The maximum Gasteiger partial charge on any atom is 0.226 e. The van der Waals surface area contributed by atoms with Crippen LogP contribution in [0.5, 0.6) is 11.5 Å². The smallest absolute Gasteiger partial charge is 0.226 e. The van der Waals surface area contributed by atoms with E-state index in [1.54, 1.807) is 19.2 Å². The number of rotatable bonds is 12. The quantitative estimate of drug-likeness (QED) is 0.480. The lowest BCUT2D eigenvalue weighted by Crippen LogP contribution is -2.53. The van der Waals surface area contributed by atoms with Gasteiger partial charge in [0.25, 0.3) is 0 Å². The van der Waals surface area contributed by atoms with Crippen LogP contribution in [0.2, 0.25) is 0 Å². The van der Waals surface area contributed by atoms with Gasteiger partial charge in [-0.25, -0.2) is 0 Å². The van der Waals surface area contributed by atoms with E-state index in [1.165, 1.54) is 19.3 Å². The van der Waals surface area contributed by atoms with Crippen LogP contribution in [-0.4, -0.2) is 56.6 Å². The van der Waals surface area contributed by atoms with E-state index in [9.17, 15) is 9.59 Å². The Kier molecular flexibility index (Phi) is 8.02. The Bertz CT molecular complexity index is 832. The monoisotopic (exact) mass is 471 g/mol. The molecule has 0 atom stereocenters. The molecular weight excluding hydrogens is 430 g/mol. The number of anilines is 1. The van der Waals surface area contributed by atoms with Gasteiger partial charge in [0, 0.05) is 36.7 Å². The topological polar surface area (TPSA) is 79.9 Å². The third-order valence-corrected chi connectivity index (χ3v) is 8.16. The van der Waals surface area contributed by atoms with Crippen molar-refractivity contribution in [3.63, 3.8) is 0 Å². The number of nitrogens with one attached hydrogen (secondary N) is 2. The highest BCUT2D eigenvalue weighted by molar-refractivity contribution is 5.91. The summed E-state index contributed by atoms with van der Waals surface area (Å²) in [6.07, 6.45) is 7.33. The number of carbonyl (C=O) groups excluding carboxylic acids is 2. The molecule has 7 heteroatoms. The van der Waals surface area contributed by atoms with E-state index in [-0.39, 0.29) is 23.7 Å². The summed E-state index contributed by atoms with van der Waals surface area (Å²) in [5.74, 6) is 3.51. The van der Waals surface area contributed by atoms with E-state index in [2.05, 4.69) is 29.4 Å². The van der Waals surface area contributed by atoms with Crippen molar-refractivity contribution in [1.82, 2.24) is 10.2 Å². The molecule has 0 radical (unpaired) electrons. The van der Waals surface area contributed by atoms with Gasteiger partial charge in [0.2, 0.25) is 11.8 Å². The molecular formula is C27H41N3O4. The lowest BCUT2D eigenvalue weighted by molar-refractivity contribution is -0.146. The molecule has 4 fully saturated rings. The van der Waals surface area contributed by atoms with Crippen LogP contribution in [0.4, 0.5) is 5.69 Å². The first-order valence-electron chi connectivity index (χ1n) is 13.1. The van der Waals surface area contributed by atoms with Gasteiger partial charge >= 0.3 is 0 Å². The zero-order valence-electron chi connectivity index (χ0n) is 21.0. The number of ether oxygens (including phenoxy) is 2. The van der Waals surface area contributed by atoms with Gasteiger partial charge in [0.05, 0.1) is 7.11 Å². The second kappa shape index (κ2) is 11.0. The first kappa shape index (κ1) is 24.8. The molecule has 34 heavy (non-hydrogen) atoms. The van der Waals surface area contributed by atoms with Crippen molar-refractivity contribution in [2.75, 3.05) is 45.2 Å². The molecule has 188 valence electrons. The van der Waals surface area contributed by atoms with Crippen molar-refractivity contribution in [3.05, 3.63) is 18.2 Å². The highest BCUT2D eigenvalue weighted by atomic mass is 16.5. The molecule has 4 bridgehead atoms. The Morgan fingerprint density at radius 1 is 1.03 bits per heavy atom. The highest BCUT2D eigenvalue weighted by Crippen LogP contribution is 2.60. The fourth-order valence-electron chi connectivity index (χ4n) is 6.78. The zero-order valence-corrected chi connectivity index (χ0v) is 21.0. The summed E-state index contributed by atoms with van der Waals surface area (Å²) < 4.78 is 11.3. The van der Waals surface area contributed by atoms with E-state index in [0.29, 0.717) is 30.3 Å². The second-order valence-electron chi connectivity index (χ2n) is 10.5. The summed E-state index contributed by atoms with van der Waals surface area (Å²) >= 11 is 0. The molecule has 0 aromatic heterocycles. The first-order chi connectivity index (χ1) is 16.4. The summed E-state index contributed by atoms with van der Waals surface area (Å²) in [5, 5.41) is 6.01. The van der Waals surface area contributed by atoms with Crippen molar-refractivity contribution >= 4 is 17.5 Å². The summed E-state index contributed by atoms with van der Waals surface area (Å²) in [6, 6.07) is 5.41. The Hall–Kier alpha value is -2.28. The van der Waals surface area contributed by atoms with E-state index in [1.807, 2.05) is 6.07 Å². The lowest BCUT2D eigenvalue weighted by atomic mass is 9.49. The third kappa shape index (κ3) is 5.68. The van der Waals surface area contributed by atoms with E-state index >= 15 is 0 Å². The summed E-state index contributed by atoms with van der Waals surface area (Å²) in [7, 11) is 1.61. The number of likely N-dealkylation sites (N-methyl/N-ethyl adjacent to an activating group) is 1. The van der Waals surface area contributed by atoms with E-state index in [4.69, 9.17) is 9.47 Å². The molecule has 0 saturated heterocycles. The van der Waals surface area contributed by atoms with Crippen LogP contribution in [0.15, 0.2) is 18.2 Å². The standard InChI is InChI=1S/C27H41N3O4/c1-4-30(5-2)10-11-34-24-15-22(6-7-23(24)33-3)29-25(31)8-9-28-26(32)27-16-19-12-20(17-27)14-21(13-19)18-27/h6-7,15,19-21H,4-5,8-14,16-18H2,1-3H3,(H,28,32)(H,29,31). The van der Waals surface area contributed by atoms with Crippen molar-refractivity contribution in [2.24, 2.45) is 23.2 Å². The van der Waals surface area contributed by atoms with Crippen LogP contribution in [0.25, 0.3) is 0 Å². The maximum atomic E-state index is 13.1. The van der Waals surface area contributed by atoms with E-state index < -0.39 is 0 Å². The largest absolute Gasteiger partial charge is 0.493 e. The predicted octanol–water partition coefficient (Wildman–Crippen LogP) is 4.08. The normalized spacial score (nSPS) is 27.0. The molecule has 7 nitrogen and oxygen atoms in total. The molecule has 1 aromatic rings. The zero-order chi connectivity index (χ0) is 24.1. The molecule has 0 unspecified atom stereocenters. The summed E-state index contributed by atoms with van der Waals surface area (Å²) in [6.45, 7) is 7.97. The number of benzene rings is 1. The number of carbonyl (C=O) groups is 2. The predicted molar refractivity (Wildman–Crippen MR) is 133 cm³/mol. The summed E-state index contributed by atoms with van der Waals surface area (Å²) in [5.41, 5.74) is 0.495. The van der Waals surface area contributed by atoms with Gasteiger partial charge in [0.15, 0.2) is 11.5 Å². The van der Waals surface area contributed by atoms with Crippen LogP contribution in [0.3, 0.4) is 0 Å². The molecule has 2 amide bonds. The average Bonchev–Trinajstić information content (AvgIpc) is 2.81. The summed E-state index contributed by atoms with van der Waals surface area (Å²) in [4.78, 5) is 27.9. The van der Waals surface area contributed by atoms with Crippen molar-refractivity contribution in [1.29, 1.82) is 0 Å². The molecule has 1 aromatic carbocycles. The first-order valence-corrected chi connectivity index (χ1v) is 13.1. The molecule has 4 aliphatic rings. The van der Waals surface area contributed by atoms with Crippen molar-refractivity contribution in [3.8, 4) is 11.5 Å². The lowest BCUT2D eigenvalue weighted by Gasteiger charge is -2.55. The van der Waals surface area contributed by atoms with Gasteiger partial charge < -0.3 is 25.0 Å². The molecule has 0 heterocycles. The minimum absolute atomic E-state index is 0.120. The fourth-order valence-corrected chi connectivity index (χ4v) is 6.78. The van der Waals surface area contributed by atoms with E-state index in [0.717, 1.165) is 56.7 Å². The van der Waals surface area contributed by atoms with Gasteiger partial charge in [-0.3, -0.25) is 9.59 Å². The Labute approximate surface area is 203 Å². The number of amides is 2. The van der Waals surface area contributed by atoms with Gasteiger partial charge in [-0.05, 0) is 81.5 Å². The van der Waals surface area contributed by atoms with Crippen LogP contribution in [0.1, 0.15) is 58.8 Å². The fraction of sp³-hybridized carbons (Fsp3) is 0.704. The number of hydrogen-bond acceptors (Lipinski definition) is 5. The van der Waals surface area contributed by atoms with Crippen LogP contribution >= 0.6 is 0 Å². The number of nitrogens with zero attached hydrogens (tertiary/aromatic N) is 1. The van der Waals surface area contributed by atoms with Crippen LogP contribution in [0, 0.1) is 23.2 Å². The number of methoxy groups -OCH3 is 1. The third-order valence-electron chi connectivity index (χ3n) is 8.16. The molecule has 0 aliphatic heterocycles. The average molecular weight is 472 g/mol. The Balaban J connectivity index is 1.24.